The summed E-state index contributed by atoms with van der Waals surface area (Å²) in [5, 5.41) is 16.9. The standard InChI is InChI=1S/C13H10ClN3O2/c1-6-2-7-3-9(14)8(4-10(7)15-6)11-5-12(13(18)19)17-16-11/h2-5,15H,1H3,(H,16,17)(H,18,19). The molecule has 0 saturated carbocycles. The number of hydrogen-bond donors (Lipinski definition) is 3. The SMILES string of the molecule is Cc1cc2cc(Cl)c(-c3cc(C(=O)O)[nH]n3)cc2[nH]1. The van der Waals surface area contributed by atoms with E-state index in [4.69, 9.17) is 16.7 Å². The Kier molecular flexibility index (Phi) is 2.57. The minimum Gasteiger partial charge on any atom is -0.477 e. The van der Waals surface area contributed by atoms with Crippen LogP contribution in [-0.2, 0) is 0 Å². The number of H-pyrrole nitrogens is 2. The van der Waals surface area contributed by atoms with Gasteiger partial charge in [-0.2, -0.15) is 5.10 Å². The van der Waals surface area contributed by atoms with Crippen molar-refractivity contribution < 1.29 is 9.90 Å². The normalized spacial score (nSPS) is 11.1. The van der Waals surface area contributed by atoms with Crippen LogP contribution in [-0.4, -0.2) is 26.3 Å². The second-order valence-corrected chi connectivity index (χ2v) is 4.75. The van der Waals surface area contributed by atoms with E-state index < -0.39 is 5.97 Å². The Balaban J connectivity index is 2.17. The predicted octanol–water partition coefficient (Wildman–Crippen LogP) is 3.22. The van der Waals surface area contributed by atoms with Crippen LogP contribution in [0.5, 0.6) is 0 Å². The lowest BCUT2D eigenvalue weighted by Gasteiger charge is -2.00. The van der Waals surface area contributed by atoms with Crippen LogP contribution >= 0.6 is 11.6 Å². The molecule has 1 aromatic carbocycles. The molecule has 0 saturated heterocycles. The number of halogens is 1. The molecule has 0 bridgehead atoms. The molecule has 0 amide bonds. The number of carboxylic acid groups (broad SMARTS) is 1. The number of nitrogens with zero attached hydrogens (tertiary/aromatic N) is 1. The van der Waals surface area contributed by atoms with E-state index in [-0.39, 0.29) is 5.69 Å². The largest absolute Gasteiger partial charge is 0.477 e. The summed E-state index contributed by atoms with van der Waals surface area (Å²) in [4.78, 5) is 14.0. The highest BCUT2D eigenvalue weighted by Gasteiger charge is 2.13. The summed E-state index contributed by atoms with van der Waals surface area (Å²) in [6.45, 7) is 1.96. The van der Waals surface area contributed by atoms with Crippen LogP contribution in [0.2, 0.25) is 5.02 Å². The number of carbonyl (C=O) groups is 1. The van der Waals surface area contributed by atoms with Crippen molar-refractivity contribution >= 4 is 28.5 Å². The van der Waals surface area contributed by atoms with Gasteiger partial charge in [0.25, 0.3) is 0 Å². The molecule has 0 spiro atoms. The fourth-order valence-electron chi connectivity index (χ4n) is 2.06. The molecule has 0 aliphatic carbocycles. The summed E-state index contributed by atoms with van der Waals surface area (Å²) in [5.74, 6) is -1.05. The van der Waals surface area contributed by atoms with Crippen LogP contribution < -0.4 is 0 Å². The molecule has 2 heterocycles. The van der Waals surface area contributed by atoms with Crippen LogP contribution in [0.15, 0.2) is 24.3 Å². The molecule has 3 rings (SSSR count). The first kappa shape index (κ1) is 11.8. The first-order valence-corrected chi connectivity index (χ1v) is 6.00. The monoisotopic (exact) mass is 275 g/mol. The molecule has 0 aliphatic heterocycles. The van der Waals surface area contributed by atoms with Crippen LogP contribution in [0.4, 0.5) is 0 Å². The van der Waals surface area contributed by atoms with Gasteiger partial charge in [0.05, 0.1) is 10.7 Å². The van der Waals surface area contributed by atoms with E-state index in [9.17, 15) is 4.79 Å². The third-order valence-electron chi connectivity index (χ3n) is 2.93. The number of aromatic amines is 2. The topological polar surface area (TPSA) is 81.8 Å². The molecule has 0 fully saturated rings. The lowest BCUT2D eigenvalue weighted by Crippen LogP contribution is -1.95. The van der Waals surface area contributed by atoms with Crippen LogP contribution in [0.1, 0.15) is 16.2 Å². The molecular formula is C13H10ClN3O2. The average molecular weight is 276 g/mol. The number of nitrogens with one attached hydrogen (secondary N) is 2. The molecule has 3 aromatic rings. The fraction of sp³-hybridized carbons (Fsp3) is 0.0769. The van der Waals surface area contributed by atoms with E-state index in [1.807, 2.05) is 25.1 Å². The smallest absolute Gasteiger partial charge is 0.353 e. The number of fused-ring (bicyclic) bond motifs is 1. The zero-order chi connectivity index (χ0) is 13.6. The first-order valence-electron chi connectivity index (χ1n) is 5.62. The number of hydrogen-bond acceptors (Lipinski definition) is 2. The van der Waals surface area contributed by atoms with E-state index in [0.717, 1.165) is 16.6 Å². The molecule has 2 aromatic heterocycles. The molecule has 3 N–H and O–H groups in total. The van der Waals surface area contributed by atoms with Gasteiger partial charge in [0, 0.05) is 22.2 Å². The maximum absolute atomic E-state index is 10.8. The van der Waals surface area contributed by atoms with Crippen molar-refractivity contribution in [3.63, 3.8) is 0 Å². The Morgan fingerprint density at radius 2 is 2.11 bits per heavy atom. The minimum atomic E-state index is -1.05. The van der Waals surface area contributed by atoms with Crippen molar-refractivity contribution in [2.24, 2.45) is 0 Å². The van der Waals surface area contributed by atoms with Gasteiger partial charge in [-0.3, -0.25) is 5.10 Å². The molecule has 5 nitrogen and oxygen atoms in total. The van der Waals surface area contributed by atoms with Gasteiger partial charge >= 0.3 is 5.97 Å². The average Bonchev–Trinajstić information content (AvgIpc) is 2.92. The van der Waals surface area contributed by atoms with Gasteiger partial charge in [-0.25, -0.2) is 4.79 Å². The Labute approximate surface area is 113 Å². The second kappa shape index (κ2) is 4.13. The van der Waals surface area contributed by atoms with Crippen molar-refractivity contribution in [2.45, 2.75) is 6.92 Å². The highest BCUT2D eigenvalue weighted by Crippen LogP contribution is 2.31. The Morgan fingerprint density at radius 1 is 1.32 bits per heavy atom. The van der Waals surface area contributed by atoms with Gasteiger partial charge in [-0.15, -0.1) is 0 Å². The van der Waals surface area contributed by atoms with Crippen molar-refractivity contribution in [1.82, 2.24) is 15.2 Å². The third kappa shape index (κ3) is 1.98. The maximum atomic E-state index is 10.8. The second-order valence-electron chi connectivity index (χ2n) is 4.34. The number of aryl methyl sites for hydroxylation is 1. The maximum Gasteiger partial charge on any atom is 0.353 e. The van der Waals surface area contributed by atoms with Crippen molar-refractivity contribution in [2.75, 3.05) is 0 Å². The van der Waals surface area contributed by atoms with E-state index in [1.54, 1.807) is 0 Å². The summed E-state index contributed by atoms with van der Waals surface area (Å²) < 4.78 is 0. The highest BCUT2D eigenvalue weighted by molar-refractivity contribution is 6.34. The zero-order valence-corrected chi connectivity index (χ0v) is 10.7. The number of rotatable bonds is 2. The summed E-state index contributed by atoms with van der Waals surface area (Å²) in [7, 11) is 0. The lowest BCUT2D eigenvalue weighted by molar-refractivity contribution is 0.0690. The van der Waals surface area contributed by atoms with Gasteiger partial charge < -0.3 is 10.1 Å². The van der Waals surface area contributed by atoms with Crippen molar-refractivity contribution in [3.05, 3.63) is 40.7 Å². The van der Waals surface area contributed by atoms with Gasteiger partial charge in [0.1, 0.15) is 5.69 Å². The molecule has 0 aliphatic rings. The molecule has 96 valence electrons. The summed E-state index contributed by atoms with van der Waals surface area (Å²) in [6, 6.07) is 7.17. The van der Waals surface area contributed by atoms with Crippen LogP contribution in [0.25, 0.3) is 22.2 Å². The molecule has 6 heteroatoms. The highest BCUT2D eigenvalue weighted by atomic mass is 35.5. The number of carboxylic acids is 1. The molecular weight excluding hydrogens is 266 g/mol. The molecule has 0 unspecified atom stereocenters. The molecule has 19 heavy (non-hydrogen) atoms. The van der Waals surface area contributed by atoms with Crippen molar-refractivity contribution in [3.8, 4) is 11.3 Å². The zero-order valence-electron chi connectivity index (χ0n) is 9.99. The predicted molar refractivity (Wildman–Crippen MR) is 72.6 cm³/mol. The van der Waals surface area contributed by atoms with Crippen molar-refractivity contribution in [1.29, 1.82) is 0 Å². The molecule has 0 atom stereocenters. The summed E-state index contributed by atoms with van der Waals surface area (Å²) in [5.41, 5.74) is 3.22. The number of benzene rings is 1. The van der Waals surface area contributed by atoms with Gasteiger partial charge in [0.15, 0.2) is 0 Å². The quantitative estimate of drug-likeness (QED) is 0.671. The third-order valence-corrected chi connectivity index (χ3v) is 3.24. The van der Waals surface area contributed by atoms with E-state index in [1.165, 1.54) is 6.07 Å². The summed E-state index contributed by atoms with van der Waals surface area (Å²) >= 11 is 6.22. The van der Waals surface area contributed by atoms with E-state index >= 15 is 0 Å². The fourth-order valence-corrected chi connectivity index (χ4v) is 2.33. The lowest BCUT2D eigenvalue weighted by atomic mass is 10.1. The van der Waals surface area contributed by atoms with E-state index in [0.29, 0.717) is 16.3 Å². The van der Waals surface area contributed by atoms with Gasteiger partial charge in [0.2, 0.25) is 0 Å². The summed E-state index contributed by atoms with van der Waals surface area (Å²) in [6.07, 6.45) is 0. The van der Waals surface area contributed by atoms with Gasteiger partial charge in [-0.1, -0.05) is 11.6 Å². The number of aromatic nitrogens is 3. The Bertz CT molecular complexity index is 788. The van der Waals surface area contributed by atoms with E-state index in [2.05, 4.69) is 15.2 Å². The van der Waals surface area contributed by atoms with Gasteiger partial charge in [-0.05, 0) is 31.2 Å². The minimum absolute atomic E-state index is 0.0360. The van der Waals surface area contributed by atoms with Crippen LogP contribution in [0.3, 0.4) is 0 Å². The Hall–Kier alpha value is -2.27. The molecule has 0 radical (unpaired) electrons. The Morgan fingerprint density at radius 3 is 2.79 bits per heavy atom. The van der Waals surface area contributed by atoms with Crippen LogP contribution in [0, 0.1) is 6.92 Å². The number of aromatic carboxylic acids is 1. The first-order chi connectivity index (χ1) is 9.04.